The number of carbonyl (C=O) groups excluding carboxylic acids is 1. The van der Waals surface area contributed by atoms with Crippen LogP contribution in [0.3, 0.4) is 0 Å². The van der Waals surface area contributed by atoms with E-state index in [9.17, 15) is 4.79 Å². The van der Waals surface area contributed by atoms with Crippen molar-refractivity contribution in [3.05, 3.63) is 24.0 Å². The summed E-state index contributed by atoms with van der Waals surface area (Å²) in [5.41, 5.74) is 3.50. The largest absolute Gasteiger partial charge is 0.381 e. The lowest BCUT2D eigenvalue weighted by atomic mass is 10.1. The maximum Gasteiger partial charge on any atom is 0.253 e. The summed E-state index contributed by atoms with van der Waals surface area (Å²) in [6.07, 6.45) is 4.79. The first-order valence-electron chi connectivity index (χ1n) is 5.60. The summed E-state index contributed by atoms with van der Waals surface area (Å²) < 4.78 is 5.24. The number of hydrogen-bond donors (Lipinski definition) is 3. The van der Waals surface area contributed by atoms with Crippen LogP contribution in [0.5, 0.6) is 0 Å². The summed E-state index contributed by atoms with van der Waals surface area (Å²) in [6, 6.07) is 1.82. The van der Waals surface area contributed by atoms with E-state index in [-0.39, 0.29) is 11.9 Å². The van der Waals surface area contributed by atoms with Gasteiger partial charge in [0.15, 0.2) is 0 Å². The third-order valence-corrected chi connectivity index (χ3v) is 2.78. The van der Waals surface area contributed by atoms with Crippen LogP contribution in [-0.2, 0) is 4.74 Å². The van der Waals surface area contributed by atoms with Crippen LogP contribution < -0.4 is 16.6 Å². The van der Waals surface area contributed by atoms with Gasteiger partial charge in [0.2, 0.25) is 0 Å². The molecule has 0 saturated carbocycles. The van der Waals surface area contributed by atoms with Crippen molar-refractivity contribution in [2.24, 2.45) is 5.84 Å². The molecule has 0 unspecified atom stereocenters. The van der Waals surface area contributed by atoms with Crippen LogP contribution in [-0.4, -0.2) is 30.1 Å². The Balaban J connectivity index is 2.03. The van der Waals surface area contributed by atoms with Gasteiger partial charge in [-0.25, -0.2) is 0 Å². The van der Waals surface area contributed by atoms with E-state index >= 15 is 0 Å². The number of nitrogens with two attached hydrogens (primary N) is 1. The van der Waals surface area contributed by atoms with Gasteiger partial charge in [0.1, 0.15) is 0 Å². The van der Waals surface area contributed by atoms with Crippen LogP contribution in [0, 0.1) is 0 Å². The Morgan fingerprint density at radius 1 is 1.47 bits per heavy atom. The molecule has 6 nitrogen and oxygen atoms in total. The predicted molar refractivity (Wildman–Crippen MR) is 63.4 cm³/mol. The van der Waals surface area contributed by atoms with Crippen molar-refractivity contribution < 1.29 is 9.53 Å². The minimum Gasteiger partial charge on any atom is -0.381 e. The number of pyridine rings is 1. The van der Waals surface area contributed by atoms with Crippen molar-refractivity contribution in [2.75, 3.05) is 18.6 Å². The topological polar surface area (TPSA) is 89.3 Å². The molecule has 1 saturated heterocycles. The zero-order valence-electron chi connectivity index (χ0n) is 9.48. The number of nitrogens with one attached hydrogen (secondary N) is 2. The third-order valence-electron chi connectivity index (χ3n) is 2.78. The molecule has 2 heterocycles. The molecule has 1 aliphatic rings. The summed E-state index contributed by atoms with van der Waals surface area (Å²) in [5, 5.41) is 2.97. The Kier molecular flexibility index (Phi) is 3.89. The molecule has 0 bridgehead atoms. The quantitative estimate of drug-likeness (QED) is 0.518. The van der Waals surface area contributed by atoms with Gasteiger partial charge in [-0.2, -0.15) is 0 Å². The molecule has 4 N–H and O–H groups in total. The molecule has 1 aromatic heterocycles. The van der Waals surface area contributed by atoms with Gasteiger partial charge in [-0.1, -0.05) is 0 Å². The Morgan fingerprint density at radius 2 is 2.24 bits per heavy atom. The maximum absolute atomic E-state index is 12.0. The monoisotopic (exact) mass is 236 g/mol. The smallest absolute Gasteiger partial charge is 0.253 e. The summed E-state index contributed by atoms with van der Waals surface area (Å²) in [5.74, 6) is 5.20. The van der Waals surface area contributed by atoms with Crippen LogP contribution >= 0.6 is 0 Å². The first-order valence-corrected chi connectivity index (χ1v) is 5.60. The van der Waals surface area contributed by atoms with E-state index in [1.165, 1.54) is 6.20 Å². The van der Waals surface area contributed by atoms with Gasteiger partial charge >= 0.3 is 0 Å². The van der Waals surface area contributed by atoms with E-state index < -0.39 is 0 Å². The van der Waals surface area contributed by atoms with Gasteiger partial charge in [0, 0.05) is 25.5 Å². The number of ether oxygens (including phenoxy) is 1. The van der Waals surface area contributed by atoms with Gasteiger partial charge in [-0.15, -0.1) is 0 Å². The van der Waals surface area contributed by atoms with Gasteiger partial charge in [-0.05, 0) is 18.9 Å². The van der Waals surface area contributed by atoms with Crippen molar-refractivity contribution in [1.29, 1.82) is 0 Å². The van der Waals surface area contributed by atoms with Crippen LogP contribution in [0.15, 0.2) is 18.5 Å². The normalized spacial score (nSPS) is 16.5. The molecule has 6 heteroatoms. The third kappa shape index (κ3) is 2.92. The molecule has 1 amide bonds. The van der Waals surface area contributed by atoms with Crippen molar-refractivity contribution >= 4 is 11.6 Å². The average molecular weight is 236 g/mol. The van der Waals surface area contributed by atoms with Crippen molar-refractivity contribution in [1.82, 2.24) is 10.3 Å². The number of amides is 1. The van der Waals surface area contributed by atoms with Crippen molar-refractivity contribution in [3.8, 4) is 0 Å². The number of aromatic nitrogens is 1. The molecule has 92 valence electrons. The van der Waals surface area contributed by atoms with E-state index in [1.807, 2.05) is 0 Å². The minimum atomic E-state index is -0.132. The Morgan fingerprint density at radius 3 is 2.94 bits per heavy atom. The summed E-state index contributed by atoms with van der Waals surface area (Å²) >= 11 is 0. The van der Waals surface area contributed by atoms with Gasteiger partial charge in [0.25, 0.3) is 5.91 Å². The van der Waals surface area contributed by atoms with Crippen molar-refractivity contribution in [3.63, 3.8) is 0 Å². The lowest BCUT2D eigenvalue weighted by molar-refractivity contribution is 0.0697. The lowest BCUT2D eigenvalue weighted by Crippen LogP contribution is -2.39. The molecule has 0 aromatic carbocycles. The maximum atomic E-state index is 12.0. The van der Waals surface area contributed by atoms with Gasteiger partial charge in [0.05, 0.1) is 17.4 Å². The molecule has 2 rings (SSSR count). The van der Waals surface area contributed by atoms with Crippen LogP contribution in [0.25, 0.3) is 0 Å². The van der Waals surface area contributed by atoms with Crippen LogP contribution in [0.1, 0.15) is 23.2 Å². The van der Waals surface area contributed by atoms with E-state index in [2.05, 4.69) is 15.7 Å². The van der Waals surface area contributed by atoms with Crippen LogP contribution in [0.4, 0.5) is 5.69 Å². The second-order valence-electron chi connectivity index (χ2n) is 3.93. The fourth-order valence-electron chi connectivity index (χ4n) is 1.81. The molecule has 0 atom stereocenters. The van der Waals surface area contributed by atoms with E-state index in [0.717, 1.165) is 12.8 Å². The highest BCUT2D eigenvalue weighted by Gasteiger charge is 2.18. The Labute approximate surface area is 99.5 Å². The van der Waals surface area contributed by atoms with Gasteiger partial charge in [-0.3, -0.25) is 15.6 Å². The summed E-state index contributed by atoms with van der Waals surface area (Å²) in [4.78, 5) is 15.9. The summed E-state index contributed by atoms with van der Waals surface area (Å²) in [7, 11) is 0. The number of carbonyl (C=O) groups is 1. The number of hydrazine groups is 1. The number of rotatable bonds is 3. The standard InChI is InChI=1S/C11H16N4O2/c12-15-10-7-13-4-1-9(10)11(16)14-8-2-5-17-6-3-8/h1,4,7-8,15H,2-3,5-6,12H2,(H,14,16). The lowest BCUT2D eigenvalue weighted by Gasteiger charge is -2.23. The SMILES string of the molecule is NNc1cnccc1C(=O)NC1CCOCC1. The van der Waals surface area contributed by atoms with Gasteiger partial charge < -0.3 is 15.5 Å². The first-order chi connectivity index (χ1) is 8.31. The highest BCUT2D eigenvalue weighted by atomic mass is 16.5. The number of anilines is 1. The van der Waals surface area contributed by atoms with E-state index in [1.54, 1.807) is 12.3 Å². The fourth-order valence-corrected chi connectivity index (χ4v) is 1.81. The highest BCUT2D eigenvalue weighted by molar-refractivity contribution is 5.99. The van der Waals surface area contributed by atoms with E-state index in [0.29, 0.717) is 24.5 Å². The zero-order valence-corrected chi connectivity index (χ0v) is 9.48. The van der Waals surface area contributed by atoms with Crippen LogP contribution in [0.2, 0.25) is 0 Å². The molecule has 1 fully saturated rings. The molecule has 0 spiro atoms. The molecule has 0 aliphatic carbocycles. The average Bonchev–Trinajstić information content (AvgIpc) is 2.40. The highest BCUT2D eigenvalue weighted by Crippen LogP contribution is 2.13. The number of hydrogen-bond acceptors (Lipinski definition) is 5. The molecule has 17 heavy (non-hydrogen) atoms. The zero-order chi connectivity index (χ0) is 12.1. The molecule has 1 aromatic rings. The molecule has 1 aliphatic heterocycles. The second-order valence-corrected chi connectivity index (χ2v) is 3.93. The van der Waals surface area contributed by atoms with E-state index in [4.69, 9.17) is 10.6 Å². The number of nitrogens with zero attached hydrogens (tertiary/aromatic N) is 1. The predicted octanol–water partition coefficient (Wildman–Crippen LogP) is 0.276. The van der Waals surface area contributed by atoms with Crippen molar-refractivity contribution in [2.45, 2.75) is 18.9 Å². The summed E-state index contributed by atoms with van der Waals surface area (Å²) in [6.45, 7) is 1.40. The second kappa shape index (κ2) is 5.60. The first kappa shape index (κ1) is 11.8. The Bertz CT molecular complexity index is 391. The molecular weight excluding hydrogens is 220 g/mol. The number of nitrogen functional groups attached to an aromatic ring is 1. The Hall–Kier alpha value is -1.66. The minimum absolute atomic E-state index is 0.132. The molecule has 0 radical (unpaired) electrons. The fraction of sp³-hybridized carbons (Fsp3) is 0.455. The molecular formula is C11H16N4O2.